The van der Waals surface area contributed by atoms with Crippen molar-refractivity contribution in [1.29, 1.82) is 0 Å². The fourth-order valence-electron chi connectivity index (χ4n) is 3.54. The van der Waals surface area contributed by atoms with Gasteiger partial charge in [0.25, 0.3) is 16.8 Å². The number of carbonyl (C=O) groups excluding carboxylic acids is 3. The monoisotopic (exact) mass is 551 g/mol. The third-order valence-electron chi connectivity index (χ3n) is 5.41. The van der Waals surface area contributed by atoms with Gasteiger partial charge in [0.05, 0.1) is 16.4 Å². The summed E-state index contributed by atoms with van der Waals surface area (Å²) in [7, 11) is 0. The minimum absolute atomic E-state index is 0.0176. The van der Waals surface area contributed by atoms with Crippen LogP contribution in [0.15, 0.2) is 71.6 Å². The number of rotatable bonds is 10. The summed E-state index contributed by atoms with van der Waals surface area (Å²) < 4.78 is 24.6. The molecule has 1 aliphatic heterocycles. The summed E-state index contributed by atoms with van der Waals surface area (Å²) in [6.45, 7) is 1.81. The normalized spacial score (nSPS) is 14.0. The molecular formula is C27H22FN3O7S. The lowest BCUT2D eigenvalue weighted by Crippen LogP contribution is -2.36. The van der Waals surface area contributed by atoms with Gasteiger partial charge in [0, 0.05) is 17.8 Å². The van der Waals surface area contributed by atoms with E-state index < -0.39 is 34.3 Å². The Kier molecular flexibility index (Phi) is 8.56. The predicted octanol–water partition coefficient (Wildman–Crippen LogP) is 5.39. The molecule has 1 heterocycles. The zero-order valence-corrected chi connectivity index (χ0v) is 21.4. The van der Waals surface area contributed by atoms with Crippen LogP contribution in [0.2, 0.25) is 0 Å². The molecule has 1 fully saturated rings. The molecule has 1 N–H and O–H groups in total. The number of halogens is 1. The van der Waals surface area contributed by atoms with Crippen LogP contribution in [-0.4, -0.2) is 40.0 Å². The van der Waals surface area contributed by atoms with E-state index in [0.29, 0.717) is 41.1 Å². The zero-order valence-electron chi connectivity index (χ0n) is 20.6. The number of ether oxygens (including phenoxy) is 2. The smallest absolute Gasteiger partial charge is 0.294 e. The second kappa shape index (κ2) is 12.2. The number of benzene rings is 3. The van der Waals surface area contributed by atoms with E-state index in [2.05, 4.69) is 5.32 Å². The van der Waals surface area contributed by atoms with Crippen LogP contribution >= 0.6 is 11.8 Å². The summed E-state index contributed by atoms with van der Waals surface area (Å²) in [5.41, 5.74) is 1.62. The van der Waals surface area contributed by atoms with Crippen LogP contribution in [0.1, 0.15) is 18.1 Å². The standard InChI is InChI=1S/C27H22FN3O7S/c1-2-37-23-13-18(5-12-22(23)38-16-17-3-10-21(11-4-17)31(35)36)14-24-26(33)30(27(34)39-24)15-25(32)29-20-8-6-19(28)7-9-20/h3-14H,2,15-16H2,1H3,(H,29,32)/b24-14-. The highest BCUT2D eigenvalue weighted by Crippen LogP contribution is 2.35. The fraction of sp³-hybridized carbons (Fsp3) is 0.148. The van der Waals surface area contributed by atoms with Gasteiger partial charge in [-0.25, -0.2) is 4.39 Å². The maximum atomic E-state index is 13.1. The van der Waals surface area contributed by atoms with E-state index in [1.807, 2.05) is 0 Å². The quantitative estimate of drug-likeness (QED) is 0.202. The molecule has 4 rings (SSSR count). The molecule has 0 bridgehead atoms. The molecule has 1 aliphatic rings. The Morgan fingerprint density at radius 1 is 1.05 bits per heavy atom. The van der Waals surface area contributed by atoms with E-state index in [1.54, 1.807) is 37.3 Å². The molecule has 200 valence electrons. The average Bonchev–Trinajstić information content (AvgIpc) is 3.17. The minimum atomic E-state index is -0.615. The van der Waals surface area contributed by atoms with Crippen molar-refractivity contribution in [2.45, 2.75) is 13.5 Å². The Labute approximate surface area is 226 Å². The largest absolute Gasteiger partial charge is 0.490 e. The summed E-state index contributed by atoms with van der Waals surface area (Å²) in [4.78, 5) is 48.9. The summed E-state index contributed by atoms with van der Waals surface area (Å²) in [6.07, 6.45) is 1.52. The Bertz CT molecular complexity index is 1440. The van der Waals surface area contributed by atoms with E-state index in [9.17, 15) is 28.9 Å². The molecule has 10 nitrogen and oxygen atoms in total. The van der Waals surface area contributed by atoms with Crippen LogP contribution < -0.4 is 14.8 Å². The molecule has 3 amide bonds. The number of hydrogen-bond donors (Lipinski definition) is 1. The van der Waals surface area contributed by atoms with E-state index >= 15 is 0 Å². The van der Waals surface area contributed by atoms with Gasteiger partial charge in [0.2, 0.25) is 5.91 Å². The van der Waals surface area contributed by atoms with Gasteiger partial charge in [-0.15, -0.1) is 0 Å². The van der Waals surface area contributed by atoms with Gasteiger partial charge in [0.15, 0.2) is 11.5 Å². The van der Waals surface area contributed by atoms with Crippen molar-refractivity contribution in [2.24, 2.45) is 0 Å². The molecule has 12 heteroatoms. The van der Waals surface area contributed by atoms with E-state index in [4.69, 9.17) is 9.47 Å². The van der Waals surface area contributed by atoms with Gasteiger partial charge in [-0.2, -0.15) is 0 Å². The number of amides is 3. The Morgan fingerprint density at radius 3 is 2.44 bits per heavy atom. The second-order valence-electron chi connectivity index (χ2n) is 8.17. The highest BCUT2D eigenvalue weighted by atomic mass is 32.2. The van der Waals surface area contributed by atoms with Crippen molar-refractivity contribution in [3.8, 4) is 11.5 Å². The number of nitro groups is 1. The van der Waals surface area contributed by atoms with Gasteiger partial charge >= 0.3 is 0 Å². The molecule has 0 aromatic heterocycles. The van der Waals surface area contributed by atoms with Crippen LogP contribution in [0.3, 0.4) is 0 Å². The van der Waals surface area contributed by atoms with Gasteiger partial charge in [0.1, 0.15) is 19.0 Å². The topological polar surface area (TPSA) is 128 Å². The maximum Gasteiger partial charge on any atom is 0.294 e. The maximum absolute atomic E-state index is 13.1. The lowest BCUT2D eigenvalue weighted by atomic mass is 10.1. The Balaban J connectivity index is 1.43. The third kappa shape index (κ3) is 6.99. The first-order valence-corrected chi connectivity index (χ1v) is 12.5. The van der Waals surface area contributed by atoms with Gasteiger partial charge in [-0.3, -0.25) is 29.4 Å². The van der Waals surface area contributed by atoms with Crippen molar-refractivity contribution in [1.82, 2.24) is 4.90 Å². The Morgan fingerprint density at radius 2 is 1.77 bits per heavy atom. The van der Waals surface area contributed by atoms with E-state index in [1.165, 1.54) is 42.5 Å². The molecular weight excluding hydrogens is 529 g/mol. The molecule has 0 spiro atoms. The molecule has 0 aliphatic carbocycles. The van der Waals surface area contributed by atoms with Crippen molar-refractivity contribution in [3.63, 3.8) is 0 Å². The minimum Gasteiger partial charge on any atom is -0.490 e. The number of nitrogens with zero attached hydrogens (tertiary/aromatic N) is 2. The third-order valence-corrected chi connectivity index (χ3v) is 6.32. The zero-order chi connectivity index (χ0) is 27.9. The molecule has 0 atom stereocenters. The molecule has 39 heavy (non-hydrogen) atoms. The van der Waals surface area contributed by atoms with Crippen LogP contribution in [-0.2, 0) is 16.2 Å². The SMILES string of the molecule is CCOc1cc(/C=C2\SC(=O)N(CC(=O)Nc3ccc(F)cc3)C2=O)ccc1OCc1ccc([N+](=O)[O-])cc1. The lowest BCUT2D eigenvalue weighted by Gasteiger charge is -2.13. The number of carbonyl (C=O) groups is 3. The number of imide groups is 1. The van der Waals surface area contributed by atoms with Crippen LogP contribution in [0.5, 0.6) is 11.5 Å². The van der Waals surface area contributed by atoms with Gasteiger partial charge < -0.3 is 14.8 Å². The highest BCUT2D eigenvalue weighted by Gasteiger charge is 2.36. The number of nitrogens with one attached hydrogen (secondary N) is 1. The first kappa shape index (κ1) is 27.3. The van der Waals surface area contributed by atoms with E-state index in [0.717, 1.165) is 10.5 Å². The lowest BCUT2D eigenvalue weighted by molar-refractivity contribution is -0.384. The number of anilines is 1. The molecule has 3 aromatic rings. The van der Waals surface area contributed by atoms with Gasteiger partial charge in [-0.05, 0) is 84.4 Å². The summed E-state index contributed by atoms with van der Waals surface area (Å²) in [5.74, 6) is -0.835. The van der Waals surface area contributed by atoms with Crippen molar-refractivity contribution >= 4 is 46.3 Å². The fourth-order valence-corrected chi connectivity index (χ4v) is 4.38. The summed E-state index contributed by atoms with van der Waals surface area (Å²) in [6, 6.07) is 16.1. The first-order chi connectivity index (χ1) is 18.7. The van der Waals surface area contributed by atoms with Crippen molar-refractivity contribution in [2.75, 3.05) is 18.5 Å². The molecule has 0 radical (unpaired) electrons. The molecule has 0 saturated carbocycles. The van der Waals surface area contributed by atoms with Crippen LogP contribution in [0, 0.1) is 15.9 Å². The highest BCUT2D eigenvalue weighted by molar-refractivity contribution is 8.18. The van der Waals surface area contributed by atoms with Gasteiger partial charge in [-0.1, -0.05) is 6.07 Å². The predicted molar refractivity (Wildman–Crippen MR) is 143 cm³/mol. The van der Waals surface area contributed by atoms with Crippen LogP contribution in [0.4, 0.5) is 20.6 Å². The average molecular weight is 552 g/mol. The van der Waals surface area contributed by atoms with E-state index in [-0.39, 0.29) is 17.2 Å². The van der Waals surface area contributed by atoms with Crippen LogP contribution in [0.25, 0.3) is 6.08 Å². The van der Waals surface area contributed by atoms with Crippen molar-refractivity contribution in [3.05, 3.63) is 98.7 Å². The second-order valence-corrected chi connectivity index (χ2v) is 9.17. The number of thioether (sulfide) groups is 1. The number of nitro benzene ring substituents is 1. The molecule has 0 unspecified atom stereocenters. The summed E-state index contributed by atoms with van der Waals surface area (Å²) in [5, 5.41) is 12.8. The molecule has 1 saturated heterocycles. The Hall–Kier alpha value is -4.71. The number of non-ortho nitro benzene ring substituents is 1. The number of hydrogen-bond acceptors (Lipinski definition) is 8. The molecule has 3 aromatic carbocycles. The summed E-state index contributed by atoms with van der Waals surface area (Å²) >= 11 is 0.710. The van der Waals surface area contributed by atoms with Crippen molar-refractivity contribution < 1.29 is 33.2 Å². The first-order valence-electron chi connectivity index (χ1n) is 11.7.